The van der Waals surface area contributed by atoms with Crippen LogP contribution in [0.4, 0.5) is 11.6 Å². The van der Waals surface area contributed by atoms with Gasteiger partial charge in [0.2, 0.25) is 11.9 Å². The third-order valence-corrected chi connectivity index (χ3v) is 5.31. The van der Waals surface area contributed by atoms with Gasteiger partial charge in [-0.15, -0.1) is 0 Å². The van der Waals surface area contributed by atoms with E-state index in [1.165, 1.54) is 25.7 Å². The molecule has 2 aliphatic heterocycles. The molecule has 0 spiro atoms. The zero-order valence-electron chi connectivity index (χ0n) is 15.0. The van der Waals surface area contributed by atoms with E-state index < -0.39 is 0 Å². The molecule has 1 aromatic carbocycles. The fourth-order valence-electron chi connectivity index (χ4n) is 3.93. The molecule has 26 heavy (non-hydrogen) atoms. The molecule has 136 valence electrons. The summed E-state index contributed by atoms with van der Waals surface area (Å²) in [5, 5.41) is 0. The number of fused-ring (bicyclic) bond motifs is 3. The summed E-state index contributed by atoms with van der Waals surface area (Å²) in [7, 11) is 0. The molecule has 6 heteroatoms. The molecule has 3 heterocycles. The molecule has 6 nitrogen and oxygen atoms in total. The Labute approximate surface area is 154 Å². The van der Waals surface area contributed by atoms with E-state index in [1.54, 1.807) is 6.20 Å². The van der Waals surface area contributed by atoms with Gasteiger partial charge >= 0.3 is 0 Å². The number of carbonyl (C=O) groups excluding carboxylic acids is 1. The van der Waals surface area contributed by atoms with Gasteiger partial charge in [-0.2, -0.15) is 0 Å². The van der Waals surface area contributed by atoms with E-state index in [-0.39, 0.29) is 11.9 Å². The highest BCUT2D eigenvalue weighted by Gasteiger charge is 2.27. The highest BCUT2D eigenvalue weighted by atomic mass is 16.2. The molecular weight excluding hydrogens is 326 g/mol. The van der Waals surface area contributed by atoms with Gasteiger partial charge in [-0.1, -0.05) is 31.0 Å². The molecule has 0 unspecified atom stereocenters. The van der Waals surface area contributed by atoms with Crippen LogP contribution in [-0.4, -0.2) is 47.0 Å². The molecule has 1 aromatic heterocycles. The minimum Gasteiger partial charge on any atom is -0.368 e. The Kier molecular flexibility index (Phi) is 4.84. The van der Waals surface area contributed by atoms with Crippen LogP contribution in [0.1, 0.15) is 31.2 Å². The molecule has 4 rings (SSSR count). The van der Waals surface area contributed by atoms with Crippen LogP contribution in [-0.2, 0) is 11.2 Å². The lowest BCUT2D eigenvalue weighted by atomic mass is 10.1. The lowest BCUT2D eigenvalue weighted by Gasteiger charge is -2.27. The summed E-state index contributed by atoms with van der Waals surface area (Å²) in [6.45, 7) is 3.87. The maximum atomic E-state index is 13.0. The average molecular weight is 351 g/mol. The lowest BCUT2D eigenvalue weighted by molar-refractivity contribution is -0.118. The summed E-state index contributed by atoms with van der Waals surface area (Å²) >= 11 is 0. The maximum Gasteiger partial charge on any atom is 0.231 e. The largest absolute Gasteiger partial charge is 0.368 e. The van der Waals surface area contributed by atoms with Gasteiger partial charge in [0.15, 0.2) is 0 Å². The Hall–Kier alpha value is -2.47. The van der Waals surface area contributed by atoms with Crippen LogP contribution in [0.25, 0.3) is 11.3 Å². The molecule has 0 aliphatic carbocycles. The number of aromatic nitrogens is 2. The molecule has 0 bridgehead atoms. The number of likely N-dealkylation sites (tertiary alicyclic amines) is 1. The predicted octanol–water partition coefficient (Wildman–Crippen LogP) is 2.49. The molecule has 0 atom stereocenters. The zero-order valence-corrected chi connectivity index (χ0v) is 15.0. The highest BCUT2D eigenvalue weighted by Crippen LogP contribution is 2.35. The number of rotatable bonds is 3. The minimum atomic E-state index is 0.0967. The second kappa shape index (κ2) is 7.41. The standard InChI is InChI=1S/C20H25N5O/c21-20-22-14-15-13-18(26)25(12-11-24-9-5-1-2-6-10-24)17-8-4-3-7-16(17)19(15)23-20/h3-4,7-8,14H,1-2,5-6,9-13H2,(H2,21,22,23). The van der Waals surface area contributed by atoms with Crippen molar-refractivity contribution < 1.29 is 4.79 Å². The summed E-state index contributed by atoms with van der Waals surface area (Å²) in [5.41, 5.74) is 9.30. The van der Waals surface area contributed by atoms with Crippen molar-refractivity contribution in [2.75, 3.05) is 36.8 Å². The van der Waals surface area contributed by atoms with Gasteiger partial charge in [0.05, 0.1) is 17.8 Å². The first-order chi connectivity index (χ1) is 12.7. The van der Waals surface area contributed by atoms with Crippen LogP contribution in [0.3, 0.4) is 0 Å². The van der Waals surface area contributed by atoms with Crippen LogP contribution in [0.5, 0.6) is 0 Å². The van der Waals surface area contributed by atoms with Gasteiger partial charge in [-0.05, 0) is 32.0 Å². The van der Waals surface area contributed by atoms with Crippen molar-refractivity contribution in [1.29, 1.82) is 0 Å². The lowest BCUT2D eigenvalue weighted by Crippen LogP contribution is -2.39. The molecule has 2 N–H and O–H groups in total. The molecule has 1 amide bonds. The molecule has 1 fully saturated rings. The molecule has 0 saturated carbocycles. The van der Waals surface area contributed by atoms with E-state index in [0.29, 0.717) is 13.0 Å². The van der Waals surface area contributed by atoms with Gasteiger partial charge in [0, 0.05) is 30.4 Å². The number of benzene rings is 1. The molecule has 2 aromatic rings. The van der Waals surface area contributed by atoms with Crippen molar-refractivity contribution in [3.63, 3.8) is 0 Å². The first-order valence-corrected chi connectivity index (χ1v) is 9.46. The normalized spacial score (nSPS) is 18.0. The topological polar surface area (TPSA) is 75.3 Å². The molecule has 0 radical (unpaired) electrons. The Morgan fingerprint density at radius 3 is 2.62 bits per heavy atom. The van der Waals surface area contributed by atoms with E-state index in [0.717, 1.165) is 42.1 Å². The van der Waals surface area contributed by atoms with Gasteiger partial charge in [0.25, 0.3) is 0 Å². The maximum absolute atomic E-state index is 13.0. The van der Waals surface area contributed by atoms with Crippen molar-refractivity contribution >= 4 is 17.5 Å². The van der Waals surface area contributed by atoms with Crippen LogP contribution < -0.4 is 10.6 Å². The number of anilines is 2. The van der Waals surface area contributed by atoms with E-state index in [9.17, 15) is 4.79 Å². The summed E-state index contributed by atoms with van der Waals surface area (Å²) in [4.78, 5) is 25.9. The average Bonchev–Trinajstić information content (AvgIpc) is 2.97. The fourth-order valence-corrected chi connectivity index (χ4v) is 3.93. The summed E-state index contributed by atoms with van der Waals surface area (Å²) in [5.74, 6) is 0.336. The number of nitrogens with zero attached hydrogens (tertiary/aromatic N) is 4. The zero-order chi connectivity index (χ0) is 17.9. The second-order valence-electron chi connectivity index (χ2n) is 7.10. The second-order valence-corrected chi connectivity index (χ2v) is 7.10. The van der Waals surface area contributed by atoms with E-state index in [4.69, 9.17) is 5.73 Å². The van der Waals surface area contributed by atoms with Crippen molar-refractivity contribution in [2.45, 2.75) is 32.1 Å². The van der Waals surface area contributed by atoms with Crippen molar-refractivity contribution in [1.82, 2.24) is 14.9 Å². The Morgan fingerprint density at radius 2 is 1.81 bits per heavy atom. The first kappa shape index (κ1) is 17.0. The summed E-state index contributed by atoms with van der Waals surface area (Å²) < 4.78 is 0. The fraction of sp³-hybridized carbons (Fsp3) is 0.450. The van der Waals surface area contributed by atoms with Gasteiger partial charge in [-0.25, -0.2) is 9.97 Å². The number of para-hydroxylation sites is 1. The Balaban J connectivity index is 1.63. The number of hydrogen-bond donors (Lipinski definition) is 1. The van der Waals surface area contributed by atoms with Crippen molar-refractivity contribution in [2.24, 2.45) is 0 Å². The molecule has 1 saturated heterocycles. The van der Waals surface area contributed by atoms with Crippen LogP contribution in [0.15, 0.2) is 30.5 Å². The number of amides is 1. The van der Waals surface area contributed by atoms with E-state index in [1.807, 2.05) is 29.2 Å². The third-order valence-electron chi connectivity index (χ3n) is 5.31. The smallest absolute Gasteiger partial charge is 0.231 e. The highest BCUT2D eigenvalue weighted by molar-refractivity contribution is 6.01. The van der Waals surface area contributed by atoms with E-state index >= 15 is 0 Å². The van der Waals surface area contributed by atoms with Gasteiger partial charge < -0.3 is 15.5 Å². The van der Waals surface area contributed by atoms with Crippen LogP contribution in [0.2, 0.25) is 0 Å². The first-order valence-electron chi connectivity index (χ1n) is 9.46. The minimum absolute atomic E-state index is 0.0967. The third kappa shape index (κ3) is 3.42. The van der Waals surface area contributed by atoms with Crippen molar-refractivity contribution in [3.8, 4) is 11.3 Å². The molecule has 2 aliphatic rings. The quantitative estimate of drug-likeness (QED) is 0.919. The predicted molar refractivity (Wildman–Crippen MR) is 103 cm³/mol. The Bertz CT molecular complexity index is 799. The Morgan fingerprint density at radius 1 is 1.04 bits per heavy atom. The van der Waals surface area contributed by atoms with Gasteiger partial charge in [0.1, 0.15) is 0 Å². The number of nitrogens with two attached hydrogens (primary N) is 1. The summed E-state index contributed by atoms with van der Waals surface area (Å²) in [6.07, 6.45) is 7.14. The number of hydrogen-bond acceptors (Lipinski definition) is 5. The van der Waals surface area contributed by atoms with Crippen LogP contribution >= 0.6 is 0 Å². The monoisotopic (exact) mass is 351 g/mol. The van der Waals surface area contributed by atoms with Gasteiger partial charge in [-0.3, -0.25) is 4.79 Å². The summed E-state index contributed by atoms with van der Waals surface area (Å²) in [6, 6.07) is 7.96. The number of carbonyl (C=O) groups is 1. The number of nitrogen functional groups attached to an aromatic ring is 1. The van der Waals surface area contributed by atoms with Crippen LogP contribution in [0, 0.1) is 0 Å². The van der Waals surface area contributed by atoms with E-state index in [2.05, 4.69) is 14.9 Å². The van der Waals surface area contributed by atoms with Crippen molar-refractivity contribution in [3.05, 3.63) is 36.0 Å². The molecular formula is C20H25N5O. The SMILES string of the molecule is Nc1ncc2c(n1)-c1ccccc1N(CCN1CCCCCC1)C(=O)C2.